The Kier molecular flexibility index (Phi) is 4.71. The Hall–Kier alpha value is -1.13. The monoisotopic (exact) mass is 224 g/mol. The van der Waals surface area contributed by atoms with Crippen molar-refractivity contribution in [1.29, 1.82) is 0 Å². The average Bonchev–Trinajstić information content (AvgIpc) is 2.24. The summed E-state index contributed by atoms with van der Waals surface area (Å²) in [6, 6.07) is 4.00. The summed E-state index contributed by atoms with van der Waals surface area (Å²) in [5.41, 5.74) is 1.73. The second kappa shape index (κ2) is 5.82. The lowest BCUT2D eigenvalue weighted by molar-refractivity contribution is 0.281. The molecule has 1 aromatic heterocycles. The minimum absolute atomic E-state index is 0.0153. The van der Waals surface area contributed by atoms with Crippen LogP contribution >= 0.6 is 0 Å². The Morgan fingerprint density at radius 1 is 1.31 bits per heavy atom. The summed E-state index contributed by atoms with van der Waals surface area (Å²) >= 11 is 0. The Bertz CT molecular complexity index is 340. The number of aliphatic hydroxyl groups excluding tert-OH is 2. The third kappa shape index (κ3) is 3.18. The third-order valence-corrected chi connectivity index (χ3v) is 2.44. The standard InChI is InChI=1S/C12H20N2O2/c1-9(2)14(4-5-15)12-7-11(8-16)6-10(3)13-12/h6-7,9,15-16H,4-5,8H2,1-3H3. The fraction of sp³-hybridized carbons (Fsp3) is 0.583. The van der Waals surface area contributed by atoms with Gasteiger partial charge in [0.15, 0.2) is 0 Å². The molecule has 1 heterocycles. The number of aryl methyl sites for hydroxylation is 1. The number of nitrogens with zero attached hydrogens (tertiary/aromatic N) is 2. The molecule has 0 bridgehead atoms. The van der Waals surface area contributed by atoms with Gasteiger partial charge in [0, 0.05) is 18.3 Å². The molecule has 0 amide bonds. The maximum atomic E-state index is 9.14. The Balaban J connectivity index is 3.03. The van der Waals surface area contributed by atoms with Gasteiger partial charge in [0.2, 0.25) is 0 Å². The molecule has 0 saturated carbocycles. The molecular weight excluding hydrogens is 204 g/mol. The van der Waals surface area contributed by atoms with E-state index in [0.29, 0.717) is 6.54 Å². The van der Waals surface area contributed by atoms with Crippen LogP contribution in [0.1, 0.15) is 25.1 Å². The van der Waals surface area contributed by atoms with Crippen LogP contribution < -0.4 is 4.90 Å². The van der Waals surface area contributed by atoms with E-state index in [4.69, 9.17) is 10.2 Å². The lowest BCUT2D eigenvalue weighted by atomic mass is 10.2. The van der Waals surface area contributed by atoms with Gasteiger partial charge in [-0.2, -0.15) is 0 Å². The molecule has 16 heavy (non-hydrogen) atoms. The first-order valence-corrected chi connectivity index (χ1v) is 5.54. The fourth-order valence-electron chi connectivity index (χ4n) is 1.70. The predicted octanol–water partition coefficient (Wildman–Crippen LogP) is 1.09. The molecule has 4 heteroatoms. The maximum absolute atomic E-state index is 9.14. The van der Waals surface area contributed by atoms with Gasteiger partial charge in [-0.25, -0.2) is 4.98 Å². The highest BCUT2D eigenvalue weighted by Gasteiger charge is 2.12. The van der Waals surface area contributed by atoms with E-state index >= 15 is 0 Å². The van der Waals surface area contributed by atoms with Gasteiger partial charge < -0.3 is 15.1 Å². The summed E-state index contributed by atoms with van der Waals surface area (Å²) < 4.78 is 0. The van der Waals surface area contributed by atoms with E-state index in [-0.39, 0.29) is 19.3 Å². The normalized spacial score (nSPS) is 10.9. The van der Waals surface area contributed by atoms with Gasteiger partial charge >= 0.3 is 0 Å². The van der Waals surface area contributed by atoms with Gasteiger partial charge in [-0.15, -0.1) is 0 Å². The largest absolute Gasteiger partial charge is 0.395 e. The van der Waals surface area contributed by atoms with Gasteiger partial charge in [-0.1, -0.05) is 0 Å². The molecule has 0 aliphatic carbocycles. The molecule has 0 aliphatic heterocycles. The third-order valence-electron chi connectivity index (χ3n) is 2.44. The predicted molar refractivity (Wildman–Crippen MR) is 64.5 cm³/mol. The van der Waals surface area contributed by atoms with E-state index in [0.717, 1.165) is 17.1 Å². The number of rotatable bonds is 5. The van der Waals surface area contributed by atoms with Crippen LogP contribution in [0.25, 0.3) is 0 Å². The first kappa shape index (κ1) is 12.9. The van der Waals surface area contributed by atoms with Crippen molar-refractivity contribution < 1.29 is 10.2 Å². The second-order valence-corrected chi connectivity index (χ2v) is 4.14. The van der Waals surface area contributed by atoms with Gasteiger partial charge in [-0.05, 0) is 38.5 Å². The van der Waals surface area contributed by atoms with Crippen LogP contribution in [0.2, 0.25) is 0 Å². The van der Waals surface area contributed by atoms with E-state index in [9.17, 15) is 0 Å². The van der Waals surface area contributed by atoms with Crippen molar-refractivity contribution in [2.75, 3.05) is 18.1 Å². The van der Waals surface area contributed by atoms with Crippen molar-refractivity contribution >= 4 is 5.82 Å². The highest BCUT2D eigenvalue weighted by Crippen LogP contribution is 2.17. The SMILES string of the molecule is Cc1cc(CO)cc(N(CCO)C(C)C)n1. The molecule has 0 atom stereocenters. The van der Waals surface area contributed by atoms with Crippen LogP contribution in [-0.2, 0) is 6.61 Å². The zero-order chi connectivity index (χ0) is 12.1. The van der Waals surface area contributed by atoms with Crippen molar-refractivity contribution in [3.05, 3.63) is 23.4 Å². The topological polar surface area (TPSA) is 56.6 Å². The first-order chi connectivity index (χ1) is 7.58. The van der Waals surface area contributed by atoms with Gasteiger partial charge in [0.25, 0.3) is 0 Å². The molecule has 0 fully saturated rings. The van der Waals surface area contributed by atoms with Gasteiger partial charge in [0.05, 0.1) is 13.2 Å². The number of pyridine rings is 1. The molecule has 1 rings (SSSR count). The van der Waals surface area contributed by atoms with Crippen LogP contribution in [0.3, 0.4) is 0 Å². The summed E-state index contributed by atoms with van der Waals surface area (Å²) in [5, 5.41) is 18.2. The van der Waals surface area contributed by atoms with E-state index in [1.807, 2.05) is 24.0 Å². The molecule has 4 nitrogen and oxygen atoms in total. The van der Waals surface area contributed by atoms with Crippen LogP contribution in [0, 0.1) is 6.92 Å². The average molecular weight is 224 g/mol. The van der Waals surface area contributed by atoms with Crippen molar-refractivity contribution in [3.63, 3.8) is 0 Å². The van der Waals surface area contributed by atoms with Crippen molar-refractivity contribution in [3.8, 4) is 0 Å². The van der Waals surface area contributed by atoms with Gasteiger partial charge in [-0.3, -0.25) is 0 Å². The number of hydrogen-bond acceptors (Lipinski definition) is 4. The van der Waals surface area contributed by atoms with Crippen LogP contribution in [0.4, 0.5) is 5.82 Å². The smallest absolute Gasteiger partial charge is 0.129 e. The Morgan fingerprint density at radius 2 is 2.00 bits per heavy atom. The molecule has 0 aromatic carbocycles. The Labute approximate surface area is 96.6 Å². The molecular formula is C12H20N2O2. The molecule has 1 aromatic rings. The van der Waals surface area contributed by atoms with Gasteiger partial charge in [0.1, 0.15) is 5.82 Å². The number of aliphatic hydroxyl groups is 2. The molecule has 0 saturated heterocycles. The number of anilines is 1. The van der Waals surface area contributed by atoms with Crippen LogP contribution in [-0.4, -0.2) is 34.4 Å². The highest BCUT2D eigenvalue weighted by atomic mass is 16.3. The van der Waals surface area contributed by atoms with Crippen molar-refractivity contribution in [2.24, 2.45) is 0 Å². The summed E-state index contributed by atoms with van der Waals surface area (Å²) in [6.45, 7) is 6.68. The Morgan fingerprint density at radius 3 is 2.50 bits per heavy atom. The maximum Gasteiger partial charge on any atom is 0.129 e. The van der Waals surface area contributed by atoms with E-state index in [2.05, 4.69) is 18.8 Å². The minimum Gasteiger partial charge on any atom is -0.395 e. The summed E-state index contributed by atoms with van der Waals surface area (Å²) in [4.78, 5) is 6.45. The summed E-state index contributed by atoms with van der Waals surface area (Å²) in [5.74, 6) is 0.813. The van der Waals surface area contributed by atoms with Crippen molar-refractivity contribution in [2.45, 2.75) is 33.4 Å². The fourth-order valence-corrected chi connectivity index (χ4v) is 1.70. The van der Waals surface area contributed by atoms with E-state index < -0.39 is 0 Å². The summed E-state index contributed by atoms with van der Waals surface area (Å²) in [6.07, 6.45) is 0. The van der Waals surface area contributed by atoms with Crippen LogP contribution in [0.15, 0.2) is 12.1 Å². The van der Waals surface area contributed by atoms with Crippen LogP contribution in [0.5, 0.6) is 0 Å². The molecule has 0 radical (unpaired) electrons. The molecule has 0 unspecified atom stereocenters. The molecule has 0 aliphatic rings. The molecule has 0 spiro atoms. The quantitative estimate of drug-likeness (QED) is 0.786. The lowest BCUT2D eigenvalue weighted by Crippen LogP contribution is -2.34. The minimum atomic E-state index is 0.0153. The zero-order valence-electron chi connectivity index (χ0n) is 10.1. The molecule has 2 N–H and O–H groups in total. The zero-order valence-corrected chi connectivity index (χ0v) is 10.1. The molecule has 90 valence electrons. The lowest BCUT2D eigenvalue weighted by Gasteiger charge is -2.27. The van der Waals surface area contributed by atoms with E-state index in [1.165, 1.54) is 0 Å². The van der Waals surface area contributed by atoms with E-state index in [1.54, 1.807) is 0 Å². The number of hydrogen-bond donors (Lipinski definition) is 2. The highest BCUT2D eigenvalue weighted by molar-refractivity contribution is 5.43. The first-order valence-electron chi connectivity index (χ1n) is 5.54. The number of aromatic nitrogens is 1. The van der Waals surface area contributed by atoms with Crippen molar-refractivity contribution in [1.82, 2.24) is 4.98 Å². The second-order valence-electron chi connectivity index (χ2n) is 4.14. The summed E-state index contributed by atoms with van der Waals surface area (Å²) in [7, 11) is 0.